The van der Waals surface area contributed by atoms with Gasteiger partial charge < -0.3 is 9.67 Å². The van der Waals surface area contributed by atoms with E-state index in [-0.39, 0.29) is 6.23 Å². The van der Waals surface area contributed by atoms with E-state index in [1.807, 2.05) is 0 Å². The third kappa shape index (κ3) is 1.28. The number of fused-ring (bicyclic) bond motifs is 3. The molecule has 0 spiro atoms. The summed E-state index contributed by atoms with van der Waals surface area (Å²) in [4.78, 5) is 2.66. The third-order valence-electron chi connectivity index (χ3n) is 5.66. The van der Waals surface area contributed by atoms with Crippen LogP contribution in [0.1, 0.15) is 42.8 Å². The van der Waals surface area contributed by atoms with Crippen molar-refractivity contribution in [3.8, 4) is 0 Å². The number of para-hydroxylation sites is 1. The van der Waals surface area contributed by atoms with Gasteiger partial charge in [-0.25, -0.2) is 0 Å². The number of piperidine rings is 1. The van der Waals surface area contributed by atoms with E-state index < -0.39 is 0 Å². The maximum absolute atomic E-state index is 10.7. The number of nitrogens with zero attached hydrogens (tertiary/aromatic N) is 2. The summed E-state index contributed by atoms with van der Waals surface area (Å²) in [5, 5.41) is 12.0. The normalized spacial score (nSPS) is 32.4. The van der Waals surface area contributed by atoms with Crippen LogP contribution in [0.15, 0.2) is 24.3 Å². The number of aliphatic hydroxyl groups is 1. The zero-order chi connectivity index (χ0) is 13.3. The maximum Gasteiger partial charge on any atom is 0.131 e. The van der Waals surface area contributed by atoms with Crippen molar-refractivity contribution in [2.75, 3.05) is 13.1 Å². The summed E-state index contributed by atoms with van der Waals surface area (Å²) in [6.45, 7) is 2.43. The highest BCUT2D eigenvalue weighted by atomic mass is 16.3. The lowest BCUT2D eigenvalue weighted by Gasteiger charge is -2.48. The van der Waals surface area contributed by atoms with Crippen LogP contribution in [0.3, 0.4) is 0 Å². The molecule has 0 radical (unpaired) electrons. The second kappa shape index (κ2) is 3.86. The van der Waals surface area contributed by atoms with Gasteiger partial charge in [0.05, 0.1) is 11.6 Å². The first-order valence-electron chi connectivity index (χ1n) is 7.88. The summed E-state index contributed by atoms with van der Waals surface area (Å²) in [7, 11) is 0. The molecule has 3 aliphatic rings. The number of hydrogen-bond acceptors (Lipinski definition) is 2. The number of rotatable bonds is 0. The number of aromatic nitrogens is 1. The van der Waals surface area contributed by atoms with E-state index in [4.69, 9.17) is 0 Å². The van der Waals surface area contributed by atoms with E-state index in [2.05, 4.69) is 33.7 Å². The van der Waals surface area contributed by atoms with Crippen LogP contribution in [0.2, 0.25) is 0 Å². The Labute approximate surface area is 118 Å². The van der Waals surface area contributed by atoms with E-state index in [1.165, 1.54) is 48.1 Å². The van der Waals surface area contributed by atoms with Crippen molar-refractivity contribution >= 4 is 10.9 Å². The molecule has 0 saturated carbocycles. The first kappa shape index (κ1) is 11.4. The SMILES string of the molecule is OC1CC2CCCN3CCc4c(n1c1ccccc41)C23. The van der Waals surface area contributed by atoms with Crippen LogP contribution in [0, 0.1) is 5.92 Å². The molecule has 1 fully saturated rings. The van der Waals surface area contributed by atoms with Crippen LogP contribution in [-0.2, 0) is 6.42 Å². The van der Waals surface area contributed by atoms with E-state index in [9.17, 15) is 5.11 Å². The van der Waals surface area contributed by atoms with Crippen molar-refractivity contribution in [3.05, 3.63) is 35.5 Å². The van der Waals surface area contributed by atoms with Crippen molar-refractivity contribution in [1.29, 1.82) is 0 Å². The van der Waals surface area contributed by atoms with E-state index >= 15 is 0 Å². The Balaban J connectivity index is 1.85. The molecule has 1 N–H and O–H groups in total. The molecule has 1 aromatic carbocycles. The standard InChI is InChI=1S/C17H20N2O/c20-15-10-11-4-3-8-18-9-7-13-12-5-1-2-6-14(12)19(15)17(13)16(11)18/h1-2,5-6,11,15-16,20H,3-4,7-10H2. The molecule has 1 aromatic heterocycles. The number of aliphatic hydroxyl groups excluding tert-OH is 1. The summed E-state index contributed by atoms with van der Waals surface area (Å²) in [6, 6.07) is 9.18. The van der Waals surface area contributed by atoms with Crippen LogP contribution in [0.5, 0.6) is 0 Å². The van der Waals surface area contributed by atoms with E-state index in [1.54, 1.807) is 0 Å². The van der Waals surface area contributed by atoms with Crippen LogP contribution >= 0.6 is 0 Å². The summed E-state index contributed by atoms with van der Waals surface area (Å²) in [5.74, 6) is 0.648. The lowest BCUT2D eigenvalue weighted by molar-refractivity contribution is -0.0148. The molecule has 20 heavy (non-hydrogen) atoms. The second-order valence-corrected chi connectivity index (χ2v) is 6.60. The molecule has 5 rings (SSSR count). The number of benzene rings is 1. The van der Waals surface area contributed by atoms with Crippen molar-refractivity contribution in [1.82, 2.24) is 9.47 Å². The monoisotopic (exact) mass is 268 g/mol. The van der Waals surface area contributed by atoms with Gasteiger partial charge in [0.25, 0.3) is 0 Å². The molecule has 3 heteroatoms. The van der Waals surface area contributed by atoms with Gasteiger partial charge in [-0.3, -0.25) is 4.90 Å². The lowest BCUT2D eigenvalue weighted by atomic mass is 9.78. The molecule has 0 bridgehead atoms. The van der Waals surface area contributed by atoms with Crippen LogP contribution in [0.25, 0.3) is 10.9 Å². The van der Waals surface area contributed by atoms with Gasteiger partial charge in [-0.05, 0) is 49.8 Å². The van der Waals surface area contributed by atoms with Gasteiger partial charge in [0.15, 0.2) is 0 Å². The van der Waals surface area contributed by atoms with Gasteiger partial charge >= 0.3 is 0 Å². The Morgan fingerprint density at radius 3 is 3.00 bits per heavy atom. The summed E-state index contributed by atoms with van der Waals surface area (Å²) in [5.41, 5.74) is 4.17. The molecule has 3 aliphatic heterocycles. The van der Waals surface area contributed by atoms with Gasteiger partial charge in [-0.2, -0.15) is 0 Å². The van der Waals surface area contributed by atoms with E-state index in [0.29, 0.717) is 12.0 Å². The maximum atomic E-state index is 10.7. The highest BCUT2D eigenvalue weighted by Gasteiger charge is 2.44. The largest absolute Gasteiger partial charge is 0.373 e. The third-order valence-corrected chi connectivity index (χ3v) is 5.66. The van der Waals surface area contributed by atoms with Crippen LogP contribution in [0.4, 0.5) is 0 Å². The van der Waals surface area contributed by atoms with Crippen molar-refractivity contribution in [3.63, 3.8) is 0 Å². The predicted octanol–water partition coefficient (Wildman–Crippen LogP) is 2.85. The van der Waals surface area contributed by atoms with E-state index in [0.717, 1.165) is 12.8 Å². The molecular weight excluding hydrogens is 248 g/mol. The predicted molar refractivity (Wildman–Crippen MR) is 78.6 cm³/mol. The minimum absolute atomic E-state index is 0.331. The Bertz CT molecular complexity index is 690. The minimum Gasteiger partial charge on any atom is -0.373 e. The Kier molecular flexibility index (Phi) is 2.19. The van der Waals surface area contributed by atoms with Gasteiger partial charge in [0.1, 0.15) is 6.23 Å². The molecule has 4 heterocycles. The van der Waals surface area contributed by atoms with Gasteiger partial charge in [-0.15, -0.1) is 0 Å². The molecule has 0 amide bonds. The smallest absolute Gasteiger partial charge is 0.131 e. The molecule has 2 aromatic rings. The summed E-state index contributed by atoms with van der Waals surface area (Å²) >= 11 is 0. The topological polar surface area (TPSA) is 28.4 Å². The molecule has 1 saturated heterocycles. The van der Waals surface area contributed by atoms with Gasteiger partial charge in [-0.1, -0.05) is 18.2 Å². The fourth-order valence-electron chi connectivity index (χ4n) is 4.93. The molecular formula is C17H20N2O. The Hall–Kier alpha value is -1.32. The average molecular weight is 268 g/mol. The minimum atomic E-state index is -0.331. The quantitative estimate of drug-likeness (QED) is 0.796. The molecule has 3 unspecified atom stereocenters. The molecule has 3 nitrogen and oxygen atoms in total. The van der Waals surface area contributed by atoms with Gasteiger partial charge in [0.2, 0.25) is 0 Å². The fourth-order valence-corrected chi connectivity index (χ4v) is 4.93. The van der Waals surface area contributed by atoms with Crippen molar-refractivity contribution in [2.45, 2.75) is 38.0 Å². The van der Waals surface area contributed by atoms with Crippen molar-refractivity contribution < 1.29 is 5.11 Å². The number of hydrogen-bond donors (Lipinski definition) is 1. The molecule has 3 atom stereocenters. The first-order chi connectivity index (χ1) is 9.84. The highest BCUT2D eigenvalue weighted by Crippen LogP contribution is 2.50. The van der Waals surface area contributed by atoms with Gasteiger partial charge in [0, 0.05) is 17.6 Å². The summed E-state index contributed by atoms with van der Waals surface area (Å²) in [6.07, 6.45) is 4.30. The second-order valence-electron chi connectivity index (χ2n) is 6.60. The van der Waals surface area contributed by atoms with Crippen molar-refractivity contribution in [2.24, 2.45) is 5.92 Å². The highest BCUT2D eigenvalue weighted by molar-refractivity contribution is 5.86. The Morgan fingerprint density at radius 2 is 2.05 bits per heavy atom. The van der Waals surface area contributed by atoms with Crippen LogP contribution in [-0.4, -0.2) is 27.7 Å². The molecule has 104 valence electrons. The first-order valence-corrected chi connectivity index (χ1v) is 7.88. The lowest BCUT2D eigenvalue weighted by Crippen LogP contribution is -2.47. The van der Waals surface area contributed by atoms with Crippen LogP contribution < -0.4 is 0 Å². The average Bonchev–Trinajstić information content (AvgIpc) is 2.82. The zero-order valence-corrected chi connectivity index (χ0v) is 11.6. The Morgan fingerprint density at radius 1 is 1.15 bits per heavy atom. The zero-order valence-electron chi connectivity index (χ0n) is 11.6. The fraction of sp³-hybridized carbons (Fsp3) is 0.529. The molecule has 0 aliphatic carbocycles. The summed E-state index contributed by atoms with van der Waals surface area (Å²) < 4.78 is 2.24.